The highest BCUT2D eigenvalue weighted by Gasteiger charge is 2.13. The molecule has 0 amide bonds. The molecule has 0 radical (unpaired) electrons. The van der Waals surface area contributed by atoms with Crippen LogP contribution in [0.2, 0.25) is 0 Å². The first-order valence-corrected chi connectivity index (χ1v) is 3.68. The quantitative estimate of drug-likeness (QED) is 0.777. The molecule has 0 saturated carbocycles. The molecule has 0 unspecified atom stereocenters. The minimum Gasteiger partial charge on any atom is -0.506 e. The number of pyridine rings is 1. The Morgan fingerprint density at radius 3 is 2.71 bits per heavy atom. The van der Waals surface area contributed by atoms with Crippen LogP contribution in [0, 0.1) is 0 Å². The van der Waals surface area contributed by atoms with Gasteiger partial charge < -0.3 is 10.2 Å². The zero-order valence-corrected chi connectivity index (χ0v) is 6.94. The monoisotopic (exact) mass is 203 g/mol. The van der Waals surface area contributed by atoms with Gasteiger partial charge in [-0.1, -0.05) is 0 Å². The van der Waals surface area contributed by atoms with Crippen LogP contribution in [-0.4, -0.2) is 21.2 Å². The van der Waals surface area contributed by atoms with Crippen LogP contribution in [0.5, 0.6) is 5.75 Å². The van der Waals surface area contributed by atoms with E-state index in [1.54, 1.807) is 0 Å². The van der Waals surface area contributed by atoms with E-state index in [0.717, 1.165) is 12.3 Å². The van der Waals surface area contributed by atoms with Crippen LogP contribution in [0.25, 0.3) is 0 Å². The van der Waals surface area contributed by atoms with E-state index in [4.69, 9.17) is 10.2 Å². The number of carboxylic acid groups (broad SMARTS) is 1. The molecule has 1 aromatic heterocycles. The fourth-order valence-electron chi connectivity index (χ4n) is 0.932. The highest BCUT2D eigenvalue weighted by Crippen LogP contribution is 2.22. The van der Waals surface area contributed by atoms with Gasteiger partial charge in [0.2, 0.25) is 0 Å². The van der Waals surface area contributed by atoms with Gasteiger partial charge in [0, 0.05) is 5.56 Å². The average molecular weight is 203 g/mol. The Bertz CT molecular complexity index is 354. The van der Waals surface area contributed by atoms with Gasteiger partial charge in [-0.3, -0.25) is 9.78 Å². The van der Waals surface area contributed by atoms with Crippen LogP contribution < -0.4 is 0 Å². The fraction of sp³-hybridized carbons (Fsp3) is 0.250. The van der Waals surface area contributed by atoms with Crippen LogP contribution in [0.15, 0.2) is 12.3 Å². The Labute approximate surface area is 77.8 Å². The third-order valence-electron chi connectivity index (χ3n) is 1.55. The van der Waals surface area contributed by atoms with Gasteiger partial charge in [0.25, 0.3) is 6.43 Å². The number of halogens is 2. The summed E-state index contributed by atoms with van der Waals surface area (Å²) < 4.78 is 24.2. The molecule has 6 heteroatoms. The molecule has 14 heavy (non-hydrogen) atoms. The normalized spacial score (nSPS) is 10.5. The van der Waals surface area contributed by atoms with E-state index in [-0.39, 0.29) is 5.56 Å². The van der Waals surface area contributed by atoms with Gasteiger partial charge in [-0.2, -0.15) is 0 Å². The van der Waals surface area contributed by atoms with Gasteiger partial charge in [-0.25, -0.2) is 8.78 Å². The number of hydrogen-bond acceptors (Lipinski definition) is 3. The van der Waals surface area contributed by atoms with Crippen LogP contribution in [0.3, 0.4) is 0 Å². The molecular formula is C8H7F2NO3. The fourth-order valence-corrected chi connectivity index (χ4v) is 0.932. The Balaban J connectivity index is 3.02. The van der Waals surface area contributed by atoms with E-state index >= 15 is 0 Å². The number of aliphatic carboxylic acids is 1. The first-order chi connectivity index (χ1) is 6.50. The van der Waals surface area contributed by atoms with Crippen molar-refractivity contribution in [1.82, 2.24) is 4.98 Å². The molecule has 0 aromatic carbocycles. The summed E-state index contributed by atoms with van der Waals surface area (Å²) >= 11 is 0. The lowest BCUT2D eigenvalue weighted by Gasteiger charge is -2.03. The van der Waals surface area contributed by atoms with Crippen molar-refractivity contribution >= 4 is 5.97 Å². The molecule has 0 aliphatic rings. The zero-order valence-electron chi connectivity index (χ0n) is 6.94. The Kier molecular flexibility index (Phi) is 2.95. The predicted molar refractivity (Wildman–Crippen MR) is 42.2 cm³/mol. The number of alkyl halides is 2. The number of carboxylic acids is 1. The lowest BCUT2D eigenvalue weighted by atomic mass is 10.1. The average Bonchev–Trinajstić information content (AvgIpc) is 2.07. The zero-order chi connectivity index (χ0) is 10.7. The van der Waals surface area contributed by atoms with Gasteiger partial charge in [-0.15, -0.1) is 0 Å². The minimum absolute atomic E-state index is 0.0669. The molecule has 2 N–H and O–H groups in total. The molecule has 0 atom stereocenters. The van der Waals surface area contributed by atoms with Gasteiger partial charge in [0.15, 0.2) is 0 Å². The summed E-state index contributed by atoms with van der Waals surface area (Å²) in [6.45, 7) is 0. The third-order valence-corrected chi connectivity index (χ3v) is 1.55. The van der Waals surface area contributed by atoms with Crippen molar-refractivity contribution in [3.63, 3.8) is 0 Å². The Morgan fingerprint density at radius 2 is 2.21 bits per heavy atom. The Hall–Kier alpha value is -1.72. The molecule has 0 saturated heterocycles. The van der Waals surface area contributed by atoms with E-state index in [1.807, 2.05) is 0 Å². The highest BCUT2D eigenvalue weighted by atomic mass is 19.3. The molecular weight excluding hydrogens is 196 g/mol. The lowest BCUT2D eigenvalue weighted by Crippen LogP contribution is -2.02. The van der Waals surface area contributed by atoms with E-state index in [1.165, 1.54) is 0 Å². The van der Waals surface area contributed by atoms with E-state index in [9.17, 15) is 13.6 Å². The smallest absolute Gasteiger partial charge is 0.307 e. The number of hydrogen-bond donors (Lipinski definition) is 2. The molecule has 1 heterocycles. The van der Waals surface area contributed by atoms with E-state index < -0.39 is 30.3 Å². The summed E-state index contributed by atoms with van der Waals surface area (Å²) in [5, 5.41) is 17.5. The van der Waals surface area contributed by atoms with Crippen molar-refractivity contribution in [2.45, 2.75) is 12.8 Å². The molecule has 4 nitrogen and oxygen atoms in total. The van der Waals surface area contributed by atoms with E-state index in [0.29, 0.717) is 0 Å². The second kappa shape index (κ2) is 3.99. The van der Waals surface area contributed by atoms with Crippen LogP contribution in [-0.2, 0) is 11.2 Å². The maximum absolute atomic E-state index is 12.1. The highest BCUT2D eigenvalue weighted by molar-refractivity contribution is 5.71. The minimum atomic E-state index is -2.77. The van der Waals surface area contributed by atoms with Gasteiger partial charge in [-0.05, 0) is 6.07 Å². The SMILES string of the molecule is O=C(O)Cc1cc(C(F)F)ncc1O. The number of carbonyl (C=O) groups is 1. The molecule has 76 valence electrons. The van der Waals surface area contributed by atoms with E-state index in [2.05, 4.69) is 4.98 Å². The third kappa shape index (κ3) is 2.38. The van der Waals surface area contributed by atoms with Crippen LogP contribution >= 0.6 is 0 Å². The topological polar surface area (TPSA) is 70.4 Å². The number of nitrogens with zero attached hydrogens (tertiary/aromatic N) is 1. The first-order valence-electron chi connectivity index (χ1n) is 3.68. The number of aromatic hydroxyl groups is 1. The maximum Gasteiger partial charge on any atom is 0.307 e. The van der Waals surface area contributed by atoms with Crippen molar-refractivity contribution < 1.29 is 23.8 Å². The summed E-state index contributed by atoms with van der Waals surface area (Å²) in [5.41, 5.74) is -0.609. The Morgan fingerprint density at radius 1 is 1.57 bits per heavy atom. The second-order valence-corrected chi connectivity index (χ2v) is 2.61. The van der Waals surface area contributed by atoms with Crippen molar-refractivity contribution in [1.29, 1.82) is 0 Å². The summed E-state index contributed by atoms with van der Waals surface area (Å²) in [5.74, 6) is -1.59. The molecule has 0 spiro atoms. The van der Waals surface area contributed by atoms with Crippen molar-refractivity contribution in [3.05, 3.63) is 23.5 Å². The summed E-state index contributed by atoms with van der Waals surface area (Å²) in [6.07, 6.45) is -2.46. The van der Waals surface area contributed by atoms with Crippen LogP contribution in [0.4, 0.5) is 8.78 Å². The van der Waals surface area contributed by atoms with Gasteiger partial charge >= 0.3 is 5.97 Å². The molecule has 0 aliphatic carbocycles. The van der Waals surface area contributed by atoms with Crippen molar-refractivity contribution in [2.75, 3.05) is 0 Å². The first kappa shape index (κ1) is 10.4. The summed E-state index contributed by atoms with van der Waals surface area (Å²) in [6, 6.07) is 0.883. The summed E-state index contributed by atoms with van der Waals surface area (Å²) in [4.78, 5) is 13.5. The van der Waals surface area contributed by atoms with Crippen molar-refractivity contribution in [2.24, 2.45) is 0 Å². The molecule has 0 fully saturated rings. The standard InChI is InChI=1S/C8H7F2NO3/c9-8(10)5-1-4(2-7(13)14)6(12)3-11-5/h1,3,8,12H,2H2,(H,13,14). The lowest BCUT2D eigenvalue weighted by molar-refractivity contribution is -0.136. The van der Waals surface area contributed by atoms with Crippen LogP contribution in [0.1, 0.15) is 17.7 Å². The summed E-state index contributed by atoms with van der Waals surface area (Å²) in [7, 11) is 0. The molecule has 1 aromatic rings. The largest absolute Gasteiger partial charge is 0.506 e. The predicted octanol–water partition coefficient (Wildman–Crippen LogP) is 1.35. The molecule has 0 aliphatic heterocycles. The van der Waals surface area contributed by atoms with Gasteiger partial charge in [0.05, 0.1) is 12.6 Å². The van der Waals surface area contributed by atoms with Gasteiger partial charge in [0.1, 0.15) is 11.4 Å². The molecule has 1 rings (SSSR count). The number of aromatic nitrogens is 1. The number of rotatable bonds is 3. The molecule has 0 bridgehead atoms. The maximum atomic E-state index is 12.1. The van der Waals surface area contributed by atoms with Crippen molar-refractivity contribution in [3.8, 4) is 5.75 Å². The second-order valence-electron chi connectivity index (χ2n) is 2.61.